The minimum Gasteiger partial charge on any atom is -0.508 e. The number of rotatable bonds is 4. The minimum absolute atomic E-state index is 0.0703. The van der Waals surface area contributed by atoms with E-state index in [4.69, 9.17) is 11.6 Å². The predicted octanol–water partition coefficient (Wildman–Crippen LogP) is 2.27. The fourth-order valence-corrected chi connectivity index (χ4v) is 1.33. The Kier molecular flexibility index (Phi) is 4.32. The average Bonchev–Trinajstić information content (AvgIpc) is 2.14. The van der Waals surface area contributed by atoms with Crippen molar-refractivity contribution in [1.29, 1.82) is 0 Å². The van der Waals surface area contributed by atoms with Crippen molar-refractivity contribution in [3.05, 3.63) is 29.6 Å². The topological polar surface area (TPSA) is 44.3 Å². The monoisotopic (exact) mass is 232 g/mol. The number of benzene rings is 1. The average molecular weight is 233 g/mol. The van der Waals surface area contributed by atoms with Gasteiger partial charge in [-0.2, -0.15) is 0 Å². The number of nitrogens with one attached hydrogen (secondary N) is 2. The van der Waals surface area contributed by atoms with Crippen LogP contribution in [0.4, 0.5) is 4.39 Å². The fraction of sp³-hybridized carbons (Fsp3) is 0.400. The van der Waals surface area contributed by atoms with Crippen LogP contribution in [-0.2, 0) is 0 Å². The van der Waals surface area contributed by atoms with Crippen molar-refractivity contribution in [3.8, 4) is 5.75 Å². The molecule has 0 aliphatic rings. The largest absolute Gasteiger partial charge is 0.508 e. The maximum atomic E-state index is 13.4. The highest BCUT2D eigenvalue weighted by molar-refractivity contribution is 6.20. The molecule has 2 atom stereocenters. The molecule has 3 nitrogen and oxygen atoms in total. The molecule has 0 saturated carbocycles. The molecular formula is C10H14ClFN2O. The van der Waals surface area contributed by atoms with Gasteiger partial charge in [-0.15, -0.1) is 11.6 Å². The Morgan fingerprint density at radius 3 is 2.53 bits per heavy atom. The second-order valence-electron chi connectivity index (χ2n) is 3.30. The highest BCUT2D eigenvalue weighted by Gasteiger charge is 2.14. The second kappa shape index (κ2) is 5.30. The molecule has 2 unspecified atom stereocenters. The molecule has 0 aromatic heterocycles. The van der Waals surface area contributed by atoms with Crippen LogP contribution in [0.1, 0.15) is 25.5 Å². The quantitative estimate of drug-likeness (QED) is 0.424. The molecule has 0 amide bonds. The van der Waals surface area contributed by atoms with E-state index in [2.05, 4.69) is 10.9 Å². The Morgan fingerprint density at radius 1 is 1.33 bits per heavy atom. The Hall–Kier alpha value is -0.840. The SMILES string of the molecule is CC(Cl)NNC(C)c1c(O)cccc1F. The van der Waals surface area contributed by atoms with Gasteiger partial charge in [0.1, 0.15) is 11.6 Å². The van der Waals surface area contributed by atoms with Gasteiger partial charge in [-0.1, -0.05) is 6.07 Å². The lowest BCUT2D eigenvalue weighted by Gasteiger charge is -2.17. The van der Waals surface area contributed by atoms with Gasteiger partial charge >= 0.3 is 0 Å². The van der Waals surface area contributed by atoms with Crippen molar-refractivity contribution in [2.75, 3.05) is 0 Å². The first kappa shape index (κ1) is 12.2. The molecule has 5 heteroatoms. The summed E-state index contributed by atoms with van der Waals surface area (Å²) in [5, 5.41) is 9.49. The maximum absolute atomic E-state index is 13.4. The van der Waals surface area contributed by atoms with E-state index >= 15 is 0 Å². The summed E-state index contributed by atoms with van der Waals surface area (Å²) >= 11 is 5.66. The van der Waals surface area contributed by atoms with E-state index in [1.807, 2.05) is 0 Å². The second-order valence-corrected chi connectivity index (χ2v) is 3.95. The molecular weight excluding hydrogens is 219 g/mol. The van der Waals surface area contributed by atoms with Crippen LogP contribution in [0.5, 0.6) is 5.75 Å². The number of hydrazine groups is 1. The van der Waals surface area contributed by atoms with Crippen LogP contribution in [0.15, 0.2) is 18.2 Å². The molecule has 0 spiro atoms. The van der Waals surface area contributed by atoms with E-state index in [-0.39, 0.29) is 22.9 Å². The van der Waals surface area contributed by atoms with E-state index < -0.39 is 5.82 Å². The predicted molar refractivity (Wildman–Crippen MR) is 58.1 cm³/mol. The maximum Gasteiger partial charge on any atom is 0.131 e. The van der Waals surface area contributed by atoms with Crippen LogP contribution < -0.4 is 10.9 Å². The van der Waals surface area contributed by atoms with Crippen molar-refractivity contribution in [2.24, 2.45) is 0 Å². The number of aromatic hydroxyl groups is 1. The molecule has 0 aliphatic carbocycles. The number of phenolic OH excluding ortho intramolecular Hbond substituents is 1. The third-order valence-electron chi connectivity index (χ3n) is 1.96. The molecule has 0 bridgehead atoms. The summed E-state index contributed by atoms with van der Waals surface area (Å²) in [6.07, 6.45) is 0. The van der Waals surface area contributed by atoms with Crippen LogP contribution in [0.25, 0.3) is 0 Å². The summed E-state index contributed by atoms with van der Waals surface area (Å²) in [4.78, 5) is 0. The standard InChI is InChI=1S/C10H14ClFN2O/c1-6(13-14-7(2)11)10-8(12)4-3-5-9(10)15/h3-7,13-15H,1-2H3. The molecule has 1 aromatic carbocycles. The van der Waals surface area contributed by atoms with E-state index in [0.29, 0.717) is 0 Å². The Balaban J connectivity index is 2.77. The zero-order valence-corrected chi connectivity index (χ0v) is 9.35. The first-order chi connectivity index (χ1) is 7.02. The molecule has 0 saturated heterocycles. The molecule has 15 heavy (non-hydrogen) atoms. The Labute approximate surface area is 93.2 Å². The number of hydrogen-bond acceptors (Lipinski definition) is 3. The van der Waals surface area contributed by atoms with Crippen LogP contribution in [0.2, 0.25) is 0 Å². The van der Waals surface area contributed by atoms with Crippen molar-refractivity contribution >= 4 is 11.6 Å². The van der Waals surface area contributed by atoms with Gasteiger partial charge in [0.15, 0.2) is 0 Å². The molecule has 1 rings (SSSR count). The molecule has 0 fully saturated rings. The molecule has 0 radical (unpaired) electrons. The van der Waals surface area contributed by atoms with E-state index in [1.54, 1.807) is 13.8 Å². The van der Waals surface area contributed by atoms with Crippen molar-refractivity contribution in [1.82, 2.24) is 10.9 Å². The number of phenols is 1. The van der Waals surface area contributed by atoms with Crippen LogP contribution in [0.3, 0.4) is 0 Å². The lowest BCUT2D eigenvalue weighted by molar-refractivity contribution is 0.408. The van der Waals surface area contributed by atoms with Crippen molar-refractivity contribution in [2.45, 2.75) is 25.4 Å². The third-order valence-corrected chi connectivity index (χ3v) is 2.07. The van der Waals surface area contributed by atoms with Crippen LogP contribution in [-0.4, -0.2) is 10.6 Å². The van der Waals surface area contributed by atoms with Gasteiger partial charge in [0, 0.05) is 5.56 Å². The normalized spacial score (nSPS) is 14.9. The van der Waals surface area contributed by atoms with Gasteiger partial charge in [0.2, 0.25) is 0 Å². The smallest absolute Gasteiger partial charge is 0.131 e. The number of halogens is 2. The number of hydrogen-bond donors (Lipinski definition) is 3. The highest BCUT2D eigenvalue weighted by atomic mass is 35.5. The summed E-state index contributed by atoms with van der Waals surface area (Å²) in [5.41, 5.74) is 5.48. The van der Waals surface area contributed by atoms with E-state index in [9.17, 15) is 9.50 Å². The van der Waals surface area contributed by atoms with Gasteiger partial charge in [-0.05, 0) is 26.0 Å². The minimum atomic E-state index is -0.445. The van der Waals surface area contributed by atoms with E-state index in [0.717, 1.165) is 0 Å². The van der Waals surface area contributed by atoms with Gasteiger partial charge < -0.3 is 5.11 Å². The first-order valence-corrected chi connectivity index (χ1v) is 5.08. The van der Waals surface area contributed by atoms with Crippen molar-refractivity contribution < 1.29 is 9.50 Å². The van der Waals surface area contributed by atoms with Crippen molar-refractivity contribution in [3.63, 3.8) is 0 Å². The van der Waals surface area contributed by atoms with E-state index in [1.165, 1.54) is 18.2 Å². The van der Waals surface area contributed by atoms with Gasteiger partial charge in [0.05, 0.1) is 11.5 Å². The van der Waals surface area contributed by atoms with Gasteiger partial charge in [-0.3, -0.25) is 0 Å². The Morgan fingerprint density at radius 2 is 2.00 bits per heavy atom. The summed E-state index contributed by atoms with van der Waals surface area (Å²) in [7, 11) is 0. The Bertz CT molecular complexity index is 313. The zero-order chi connectivity index (χ0) is 11.4. The van der Waals surface area contributed by atoms with Crippen LogP contribution >= 0.6 is 11.6 Å². The summed E-state index contributed by atoms with van der Waals surface area (Å²) in [6.45, 7) is 3.47. The molecule has 0 heterocycles. The lowest BCUT2D eigenvalue weighted by Crippen LogP contribution is -2.38. The number of alkyl halides is 1. The molecule has 3 N–H and O–H groups in total. The molecule has 1 aromatic rings. The fourth-order valence-electron chi connectivity index (χ4n) is 1.27. The highest BCUT2D eigenvalue weighted by Crippen LogP contribution is 2.26. The third kappa shape index (κ3) is 3.34. The van der Waals surface area contributed by atoms with Gasteiger partial charge in [-0.25, -0.2) is 15.2 Å². The van der Waals surface area contributed by atoms with Gasteiger partial charge in [0.25, 0.3) is 0 Å². The summed E-state index contributed by atoms with van der Waals surface area (Å²) in [6, 6.07) is 3.84. The molecule has 84 valence electrons. The summed E-state index contributed by atoms with van der Waals surface area (Å²) in [5.74, 6) is -0.516. The first-order valence-electron chi connectivity index (χ1n) is 4.65. The molecule has 0 aliphatic heterocycles. The summed E-state index contributed by atoms with van der Waals surface area (Å²) < 4.78 is 13.4. The van der Waals surface area contributed by atoms with Crippen LogP contribution in [0, 0.1) is 5.82 Å². The zero-order valence-electron chi connectivity index (χ0n) is 8.59. The lowest BCUT2D eigenvalue weighted by atomic mass is 10.1.